The van der Waals surface area contributed by atoms with E-state index in [1.807, 2.05) is 0 Å². The summed E-state index contributed by atoms with van der Waals surface area (Å²) in [7, 11) is 1.32. The molecule has 0 aliphatic heterocycles. The van der Waals surface area contributed by atoms with Crippen molar-refractivity contribution in [2.24, 2.45) is 0 Å². The highest BCUT2D eigenvalue weighted by Gasteiger charge is 2.24. The quantitative estimate of drug-likeness (QED) is 0.678. The molecular formula is C10H8ClN3O4. The molecule has 7 nitrogen and oxygen atoms in total. The molecule has 0 amide bonds. The summed E-state index contributed by atoms with van der Waals surface area (Å²) in [6.07, 6.45) is 0. The molecule has 0 bridgehead atoms. The lowest BCUT2D eigenvalue weighted by molar-refractivity contribution is -0.385. The van der Waals surface area contributed by atoms with Gasteiger partial charge in [0.25, 0.3) is 0 Å². The summed E-state index contributed by atoms with van der Waals surface area (Å²) in [4.78, 5) is 10.3. The first kappa shape index (κ1) is 12.2. The lowest BCUT2D eigenvalue weighted by Crippen LogP contribution is -1.95. The number of hydrogen-bond donors (Lipinski definition) is 1. The Morgan fingerprint density at radius 3 is 2.78 bits per heavy atom. The van der Waals surface area contributed by atoms with Crippen LogP contribution in [0.2, 0.25) is 5.02 Å². The van der Waals surface area contributed by atoms with Crippen molar-refractivity contribution >= 4 is 23.1 Å². The van der Waals surface area contributed by atoms with Crippen LogP contribution in [0.25, 0.3) is 11.3 Å². The van der Waals surface area contributed by atoms with Crippen LogP contribution < -0.4 is 10.5 Å². The first-order valence-corrected chi connectivity index (χ1v) is 5.16. The van der Waals surface area contributed by atoms with Crippen LogP contribution in [0.3, 0.4) is 0 Å². The molecule has 94 valence electrons. The fraction of sp³-hybridized carbons (Fsp3) is 0.100. The van der Waals surface area contributed by atoms with Gasteiger partial charge in [0.05, 0.1) is 17.6 Å². The summed E-state index contributed by atoms with van der Waals surface area (Å²) in [5.74, 6) is 0.190. The average molecular weight is 270 g/mol. The number of nitro benzene ring substituents is 1. The maximum absolute atomic E-state index is 10.9. The van der Waals surface area contributed by atoms with Crippen LogP contribution in [0.15, 0.2) is 22.7 Å². The molecule has 1 heterocycles. The predicted octanol–water partition coefficient (Wildman–Crippen LogP) is 2.49. The van der Waals surface area contributed by atoms with E-state index in [9.17, 15) is 10.1 Å². The molecule has 0 aliphatic rings. The maximum Gasteiger partial charge on any atom is 0.311 e. The predicted molar refractivity (Wildman–Crippen MR) is 64.6 cm³/mol. The third-order valence-electron chi connectivity index (χ3n) is 2.30. The van der Waals surface area contributed by atoms with E-state index in [-0.39, 0.29) is 28.0 Å². The summed E-state index contributed by atoms with van der Waals surface area (Å²) in [6.45, 7) is 0. The number of halogens is 1. The number of aromatic nitrogens is 1. The van der Waals surface area contributed by atoms with Crippen LogP contribution in [0.4, 0.5) is 11.5 Å². The highest BCUT2D eigenvalue weighted by atomic mass is 35.5. The third kappa shape index (κ3) is 1.84. The number of methoxy groups -OCH3 is 1. The van der Waals surface area contributed by atoms with Crippen molar-refractivity contribution in [1.82, 2.24) is 5.16 Å². The Hall–Kier alpha value is -2.28. The molecule has 1 aromatic heterocycles. The summed E-state index contributed by atoms with van der Waals surface area (Å²) < 4.78 is 9.98. The van der Waals surface area contributed by atoms with E-state index < -0.39 is 4.92 Å². The molecule has 2 rings (SSSR count). The molecule has 0 spiro atoms. The molecule has 8 heteroatoms. The van der Waals surface area contributed by atoms with Gasteiger partial charge >= 0.3 is 5.69 Å². The van der Waals surface area contributed by atoms with Gasteiger partial charge in [-0.05, 0) is 6.07 Å². The van der Waals surface area contributed by atoms with Gasteiger partial charge in [0.1, 0.15) is 5.02 Å². The monoisotopic (exact) mass is 269 g/mol. The first-order chi connectivity index (χ1) is 8.56. The number of nitro groups is 1. The van der Waals surface area contributed by atoms with Crippen molar-refractivity contribution in [1.29, 1.82) is 0 Å². The molecular weight excluding hydrogens is 262 g/mol. The minimum atomic E-state index is -0.560. The van der Waals surface area contributed by atoms with E-state index in [1.165, 1.54) is 19.2 Å². The molecule has 0 radical (unpaired) electrons. The molecule has 2 N–H and O–H groups in total. The van der Waals surface area contributed by atoms with Gasteiger partial charge in [0, 0.05) is 6.07 Å². The van der Waals surface area contributed by atoms with Crippen molar-refractivity contribution < 1.29 is 14.2 Å². The molecule has 0 atom stereocenters. The van der Waals surface area contributed by atoms with Gasteiger partial charge in [0.15, 0.2) is 11.6 Å². The van der Waals surface area contributed by atoms with Gasteiger partial charge in [-0.15, -0.1) is 0 Å². The lowest BCUT2D eigenvalue weighted by Gasteiger charge is -2.06. The molecule has 1 aromatic carbocycles. The normalized spacial score (nSPS) is 10.3. The average Bonchev–Trinajstić information content (AvgIpc) is 2.69. The van der Waals surface area contributed by atoms with Crippen molar-refractivity contribution in [3.05, 3.63) is 33.3 Å². The van der Waals surface area contributed by atoms with Crippen LogP contribution in [-0.2, 0) is 0 Å². The summed E-state index contributed by atoms with van der Waals surface area (Å²) >= 11 is 5.90. The number of rotatable bonds is 3. The van der Waals surface area contributed by atoms with Gasteiger partial charge in [-0.3, -0.25) is 10.1 Å². The number of benzene rings is 1. The Labute approximate surface area is 106 Å². The van der Waals surface area contributed by atoms with E-state index in [4.69, 9.17) is 26.6 Å². The Morgan fingerprint density at radius 1 is 1.56 bits per heavy atom. The Morgan fingerprint density at radius 2 is 2.28 bits per heavy atom. The summed E-state index contributed by atoms with van der Waals surface area (Å²) in [6, 6.07) is 4.37. The minimum absolute atomic E-state index is 0.0141. The SMILES string of the molecule is COc1c(-c2onc(N)c2Cl)cccc1[N+](=O)[O-]. The zero-order valence-electron chi connectivity index (χ0n) is 9.21. The Balaban J connectivity index is 2.68. The van der Waals surface area contributed by atoms with E-state index in [2.05, 4.69) is 5.16 Å². The second-order valence-corrected chi connectivity index (χ2v) is 3.70. The second-order valence-electron chi connectivity index (χ2n) is 3.33. The van der Waals surface area contributed by atoms with Gasteiger partial charge in [-0.1, -0.05) is 22.8 Å². The third-order valence-corrected chi connectivity index (χ3v) is 2.66. The van der Waals surface area contributed by atoms with Crippen LogP contribution in [0.1, 0.15) is 0 Å². The highest BCUT2D eigenvalue weighted by molar-refractivity contribution is 6.35. The van der Waals surface area contributed by atoms with E-state index in [0.29, 0.717) is 5.56 Å². The van der Waals surface area contributed by atoms with Crippen molar-refractivity contribution in [2.45, 2.75) is 0 Å². The fourth-order valence-corrected chi connectivity index (χ4v) is 1.69. The minimum Gasteiger partial charge on any atom is -0.490 e. The molecule has 0 fully saturated rings. The number of anilines is 1. The van der Waals surface area contributed by atoms with Crippen LogP contribution >= 0.6 is 11.6 Å². The van der Waals surface area contributed by atoms with Crippen molar-refractivity contribution in [3.63, 3.8) is 0 Å². The number of para-hydroxylation sites is 1. The van der Waals surface area contributed by atoms with E-state index >= 15 is 0 Å². The van der Waals surface area contributed by atoms with Gasteiger partial charge in [0.2, 0.25) is 5.75 Å². The Bertz CT molecular complexity index is 611. The smallest absolute Gasteiger partial charge is 0.311 e. The maximum atomic E-state index is 10.9. The number of nitrogen functional groups attached to an aromatic ring is 1. The number of hydrogen-bond acceptors (Lipinski definition) is 6. The zero-order valence-corrected chi connectivity index (χ0v) is 9.97. The van der Waals surface area contributed by atoms with Crippen molar-refractivity contribution in [2.75, 3.05) is 12.8 Å². The van der Waals surface area contributed by atoms with Gasteiger partial charge in [-0.2, -0.15) is 0 Å². The first-order valence-electron chi connectivity index (χ1n) is 4.78. The molecule has 0 saturated heterocycles. The zero-order chi connectivity index (χ0) is 13.3. The second kappa shape index (κ2) is 4.53. The van der Waals surface area contributed by atoms with Crippen LogP contribution in [-0.4, -0.2) is 17.2 Å². The standard InChI is InChI=1S/C10H8ClN3O4/c1-17-8-5(3-2-4-6(8)14(15)16)9-7(11)10(12)13-18-9/h2-4H,1H3,(H2,12,13). The number of nitrogens with zero attached hydrogens (tertiary/aromatic N) is 2. The lowest BCUT2D eigenvalue weighted by atomic mass is 10.1. The van der Waals surface area contributed by atoms with Crippen LogP contribution in [0.5, 0.6) is 5.75 Å². The number of nitrogens with two attached hydrogens (primary N) is 1. The largest absolute Gasteiger partial charge is 0.490 e. The summed E-state index contributed by atoms with van der Waals surface area (Å²) in [5, 5.41) is 14.5. The van der Waals surface area contributed by atoms with Crippen LogP contribution in [0, 0.1) is 10.1 Å². The topological polar surface area (TPSA) is 104 Å². The summed E-state index contributed by atoms with van der Waals surface area (Å²) in [5.41, 5.74) is 5.58. The fourth-order valence-electron chi connectivity index (χ4n) is 1.52. The number of ether oxygens (including phenoxy) is 1. The van der Waals surface area contributed by atoms with E-state index in [0.717, 1.165) is 0 Å². The van der Waals surface area contributed by atoms with Gasteiger partial charge in [-0.25, -0.2) is 0 Å². The van der Waals surface area contributed by atoms with Gasteiger partial charge < -0.3 is 15.0 Å². The molecule has 0 saturated carbocycles. The Kier molecular flexibility index (Phi) is 3.07. The molecule has 0 unspecified atom stereocenters. The highest BCUT2D eigenvalue weighted by Crippen LogP contribution is 2.41. The molecule has 0 aliphatic carbocycles. The van der Waals surface area contributed by atoms with E-state index in [1.54, 1.807) is 6.07 Å². The van der Waals surface area contributed by atoms with Crippen molar-refractivity contribution in [3.8, 4) is 17.1 Å². The molecule has 2 aromatic rings. The molecule has 18 heavy (non-hydrogen) atoms.